The highest BCUT2D eigenvalue weighted by Crippen LogP contribution is 2.43. The molecule has 1 saturated heterocycles. The largest absolute Gasteiger partial charge is 0.508 e. The molecule has 6 aromatic rings. The number of carbonyl (C=O) groups excluding carboxylic acids is 2. The summed E-state index contributed by atoms with van der Waals surface area (Å²) in [6, 6.07) is 29.0. The van der Waals surface area contributed by atoms with Crippen molar-refractivity contribution in [3.8, 4) is 28.5 Å². The fraction of sp³-hybridized carbons (Fsp3) is 0.319. The Hall–Kier alpha value is -5.75. The Morgan fingerprint density at radius 1 is 0.814 bits per heavy atom. The van der Waals surface area contributed by atoms with Crippen LogP contribution in [0.25, 0.3) is 22.2 Å². The fourth-order valence-corrected chi connectivity index (χ4v) is 9.31. The number of fused-ring (bicyclic) bond motifs is 4. The molecule has 0 bridgehead atoms. The van der Waals surface area contributed by atoms with Crippen LogP contribution in [0.4, 0.5) is 11.4 Å². The zero-order valence-electron chi connectivity index (χ0n) is 33.1. The van der Waals surface area contributed by atoms with E-state index in [2.05, 4.69) is 33.7 Å². The molecule has 2 aromatic heterocycles. The van der Waals surface area contributed by atoms with Crippen molar-refractivity contribution < 1.29 is 28.9 Å². The van der Waals surface area contributed by atoms with Gasteiger partial charge in [0, 0.05) is 80.2 Å². The molecule has 10 rings (SSSR count). The number of aryl methyl sites for hydroxylation is 1. The molecule has 4 aliphatic heterocycles. The van der Waals surface area contributed by atoms with Gasteiger partial charge in [-0.15, -0.1) is 12.4 Å². The molecular weight excluding hydrogens is 766 g/mol. The molecule has 0 spiro atoms. The number of ether oxygens (including phenoxy) is 3. The van der Waals surface area contributed by atoms with Crippen molar-refractivity contribution in [2.75, 3.05) is 44.5 Å². The second kappa shape index (κ2) is 16.1. The first-order valence-electron chi connectivity index (χ1n) is 20.4. The minimum absolute atomic E-state index is 0. The van der Waals surface area contributed by atoms with Gasteiger partial charge in [-0.2, -0.15) is 0 Å². The predicted octanol–water partition coefficient (Wildman–Crippen LogP) is 8.11. The number of phenolic OH excluding ortho intramolecular Hbond substituents is 1. The van der Waals surface area contributed by atoms with Crippen LogP contribution < -0.4 is 14.4 Å². The van der Waals surface area contributed by atoms with Crippen molar-refractivity contribution in [2.45, 2.75) is 51.2 Å². The Morgan fingerprint density at radius 3 is 2.39 bits per heavy atom. The van der Waals surface area contributed by atoms with E-state index in [1.807, 2.05) is 65.2 Å². The molecule has 4 aromatic carbocycles. The van der Waals surface area contributed by atoms with E-state index in [-0.39, 0.29) is 42.8 Å². The van der Waals surface area contributed by atoms with Crippen LogP contribution in [0.3, 0.4) is 0 Å². The molecule has 2 amide bonds. The van der Waals surface area contributed by atoms with Crippen molar-refractivity contribution in [3.05, 3.63) is 125 Å². The van der Waals surface area contributed by atoms with Crippen LogP contribution in [-0.4, -0.2) is 81.5 Å². The molecule has 1 atom stereocenters. The summed E-state index contributed by atoms with van der Waals surface area (Å²) in [4.78, 5) is 36.9. The lowest BCUT2D eigenvalue weighted by molar-refractivity contribution is 0.0193. The standard InChI is InChI=1S/C47H47N5O6.ClH/c1-48-18-16-31-10-11-35(24-42(31)48)52(34-12-14-37(53)15-13-34)47(55)40-25-43(50-17-6-2-3-9-41(40)50)38-26-44-45(58-30-57-44)27-39(38)46(54)51-28-33-8-5-4-7-32(33)23-36(51)29-49-19-21-56-22-20-49;/h4-5,7-8,10-16,18,24-27,36,53H,2-3,6,9,17,19-23,28-30H2,1H3;1H/t36-;/m0./s1. The van der Waals surface area contributed by atoms with Gasteiger partial charge in [0.05, 0.1) is 30.0 Å². The van der Waals surface area contributed by atoms with E-state index >= 15 is 9.59 Å². The molecule has 0 unspecified atom stereocenters. The summed E-state index contributed by atoms with van der Waals surface area (Å²) in [7, 11) is 2.00. The Labute approximate surface area is 349 Å². The van der Waals surface area contributed by atoms with E-state index in [4.69, 9.17) is 14.2 Å². The van der Waals surface area contributed by atoms with Gasteiger partial charge in [-0.3, -0.25) is 19.4 Å². The maximum atomic E-state index is 15.3. The molecular formula is C47H48ClN5O6. The molecule has 0 radical (unpaired) electrons. The first kappa shape index (κ1) is 38.8. The van der Waals surface area contributed by atoms with Gasteiger partial charge >= 0.3 is 0 Å². The summed E-state index contributed by atoms with van der Waals surface area (Å²) in [6.07, 6.45) is 6.43. The first-order chi connectivity index (χ1) is 28.4. The van der Waals surface area contributed by atoms with E-state index in [0.717, 1.165) is 90.8 Å². The van der Waals surface area contributed by atoms with Crippen LogP contribution >= 0.6 is 12.4 Å². The van der Waals surface area contributed by atoms with Crippen LogP contribution in [-0.2, 0) is 37.7 Å². The number of halogens is 1. The van der Waals surface area contributed by atoms with Gasteiger partial charge in [0.25, 0.3) is 11.8 Å². The van der Waals surface area contributed by atoms with E-state index < -0.39 is 0 Å². The molecule has 1 fully saturated rings. The third-order valence-electron chi connectivity index (χ3n) is 12.4. The molecule has 11 nitrogen and oxygen atoms in total. The van der Waals surface area contributed by atoms with Gasteiger partial charge in [-0.25, -0.2) is 0 Å². The summed E-state index contributed by atoms with van der Waals surface area (Å²) in [5.74, 6) is 1.00. The third kappa shape index (κ3) is 7.21. The lowest BCUT2D eigenvalue weighted by atomic mass is 9.92. The number of aromatic hydroxyl groups is 1. The molecule has 304 valence electrons. The number of phenols is 1. The smallest absolute Gasteiger partial charge is 0.264 e. The number of anilines is 2. The fourth-order valence-electron chi connectivity index (χ4n) is 9.31. The van der Waals surface area contributed by atoms with E-state index in [1.165, 1.54) is 5.56 Å². The lowest BCUT2D eigenvalue weighted by Gasteiger charge is -2.40. The Bertz CT molecular complexity index is 2540. The number of carbonyl (C=O) groups is 2. The second-order valence-electron chi connectivity index (χ2n) is 15.9. The lowest BCUT2D eigenvalue weighted by Crippen LogP contribution is -2.52. The third-order valence-corrected chi connectivity index (χ3v) is 12.4. The molecule has 6 heterocycles. The number of amides is 2. The van der Waals surface area contributed by atoms with E-state index in [9.17, 15) is 5.11 Å². The second-order valence-corrected chi connectivity index (χ2v) is 15.9. The molecule has 0 saturated carbocycles. The molecule has 1 N–H and O–H groups in total. The summed E-state index contributed by atoms with van der Waals surface area (Å²) in [5, 5.41) is 11.3. The van der Waals surface area contributed by atoms with Gasteiger partial charge in [0.15, 0.2) is 11.5 Å². The van der Waals surface area contributed by atoms with Gasteiger partial charge < -0.3 is 33.4 Å². The summed E-state index contributed by atoms with van der Waals surface area (Å²) in [5.41, 5.74) is 8.40. The van der Waals surface area contributed by atoms with Gasteiger partial charge in [-0.1, -0.05) is 36.8 Å². The molecule has 12 heteroatoms. The molecule has 59 heavy (non-hydrogen) atoms. The average molecular weight is 814 g/mol. The Morgan fingerprint density at radius 2 is 1.58 bits per heavy atom. The van der Waals surface area contributed by atoms with Crippen LogP contribution in [0.15, 0.2) is 97.2 Å². The number of hydrogen-bond acceptors (Lipinski definition) is 7. The maximum Gasteiger partial charge on any atom is 0.264 e. The van der Waals surface area contributed by atoms with Crippen molar-refractivity contribution in [2.24, 2.45) is 7.05 Å². The minimum Gasteiger partial charge on any atom is -0.508 e. The topological polar surface area (TPSA) is 102 Å². The SMILES string of the molecule is Cl.Cn1ccc2ccc(N(C(=O)c3cc(-c4cc5c(cc4C(=O)N4Cc6ccccc6C[C@H]4CN4CCOCC4)OCO5)n4c3CCCCC4)c3ccc(O)cc3)cc21. The van der Waals surface area contributed by atoms with Crippen molar-refractivity contribution >= 4 is 46.5 Å². The monoisotopic (exact) mass is 813 g/mol. The Kier molecular flexibility index (Phi) is 10.6. The molecule has 0 aliphatic carbocycles. The average Bonchev–Trinajstić information content (AvgIpc) is 3.92. The zero-order chi connectivity index (χ0) is 39.3. The first-order valence-corrected chi connectivity index (χ1v) is 20.4. The predicted molar refractivity (Wildman–Crippen MR) is 229 cm³/mol. The van der Waals surface area contributed by atoms with Crippen LogP contribution in [0.2, 0.25) is 0 Å². The van der Waals surface area contributed by atoms with Crippen molar-refractivity contribution in [1.29, 1.82) is 0 Å². The van der Waals surface area contributed by atoms with Crippen molar-refractivity contribution in [3.63, 3.8) is 0 Å². The number of hydrogen-bond donors (Lipinski definition) is 1. The molecule has 4 aliphatic rings. The zero-order valence-corrected chi connectivity index (χ0v) is 34.0. The van der Waals surface area contributed by atoms with Gasteiger partial charge in [0.1, 0.15) is 5.75 Å². The van der Waals surface area contributed by atoms with Crippen LogP contribution in [0.1, 0.15) is 56.8 Å². The highest BCUT2D eigenvalue weighted by Gasteiger charge is 2.36. The van der Waals surface area contributed by atoms with Gasteiger partial charge in [0.2, 0.25) is 6.79 Å². The Balaban J connectivity index is 0.00000449. The van der Waals surface area contributed by atoms with E-state index in [1.54, 1.807) is 29.2 Å². The number of aromatic nitrogens is 2. The number of benzene rings is 4. The van der Waals surface area contributed by atoms with Gasteiger partial charge in [-0.05, 0) is 103 Å². The highest BCUT2D eigenvalue weighted by atomic mass is 35.5. The number of rotatable bonds is 7. The summed E-state index contributed by atoms with van der Waals surface area (Å²) in [6.45, 7) is 5.10. The summed E-state index contributed by atoms with van der Waals surface area (Å²) >= 11 is 0. The van der Waals surface area contributed by atoms with E-state index in [0.29, 0.717) is 54.6 Å². The normalized spacial score (nSPS) is 17.5. The summed E-state index contributed by atoms with van der Waals surface area (Å²) < 4.78 is 21.9. The quantitative estimate of drug-likeness (QED) is 0.174. The van der Waals surface area contributed by atoms with Crippen LogP contribution in [0.5, 0.6) is 17.2 Å². The highest BCUT2D eigenvalue weighted by molar-refractivity contribution is 6.13. The van der Waals surface area contributed by atoms with Crippen LogP contribution in [0, 0.1) is 0 Å². The maximum absolute atomic E-state index is 15.3. The minimum atomic E-state index is -0.178. The van der Waals surface area contributed by atoms with Crippen molar-refractivity contribution in [1.82, 2.24) is 18.9 Å². The number of morpholine rings is 1. The number of nitrogens with zero attached hydrogens (tertiary/aromatic N) is 5.